The lowest BCUT2D eigenvalue weighted by atomic mass is 10.1. The number of nitrogens with two attached hydrogens (primary N) is 1. The van der Waals surface area contributed by atoms with E-state index in [0.29, 0.717) is 23.9 Å². The quantitative estimate of drug-likeness (QED) is 0.599. The Labute approximate surface area is 127 Å². The van der Waals surface area contributed by atoms with Gasteiger partial charge in [-0.1, -0.05) is 6.92 Å². The number of aryl methyl sites for hydroxylation is 2. The lowest BCUT2D eigenvalue weighted by Crippen LogP contribution is -2.34. The maximum atomic E-state index is 13.0. The standard InChI is InChI=1S/C15H25N3O2S/c1-4-7-18(10-13-5-6-13)21(19,20)15-11(2)8-14(17-16)9-12(15)3/h8-9,13,17H,4-7,10,16H2,1-3H3. The summed E-state index contributed by atoms with van der Waals surface area (Å²) in [5.74, 6) is 5.96. The van der Waals surface area contributed by atoms with Crippen LogP contribution in [0.5, 0.6) is 0 Å². The molecule has 5 nitrogen and oxygen atoms in total. The first-order valence-corrected chi connectivity index (χ1v) is 8.92. The Kier molecular flexibility index (Phi) is 4.91. The number of rotatable bonds is 7. The third kappa shape index (κ3) is 3.56. The number of benzene rings is 1. The van der Waals surface area contributed by atoms with Gasteiger partial charge in [-0.05, 0) is 62.3 Å². The van der Waals surface area contributed by atoms with Crippen molar-refractivity contribution in [3.63, 3.8) is 0 Å². The Hall–Kier alpha value is -1.11. The molecule has 0 saturated heterocycles. The van der Waals surface area contributed by atoms with E-state index >= 15 is 0 Å². The highest BCUT2D eigenvalue weighted by Crippen LogP contribution is 2.33. The number of hydrogen-bond acceptors (Lipinski definition) is 4. The monoisotopic (exact) mass is 311 g/mol. The molecule has 0 aromatic heterocycles. The first-order valence-electron chi connectivity index (χ1n) is 7.48. The molecule has 1 aromatic rings. The summed E-state index contributed by atoms with van der Waals surface area (Å²) in [7, 11) is -3.44. The molecule has 0 aliphatic heterocycles. The fourth-order valence-electron chi connectivity index (χ4n) is 2.72. The van der Waals surface area contributed by atoms with Gasteiger partial charge in [0.05, 0.1) is 4.90 Å². The molecule has 0 radical (unpaired) electrons. The van der Waals surface area contributed by atoms with Gasteiger partial charge in [-0.15, -0.1) is 0 Å². The maximum Gasteiger partial charge on any atom is 0.243 e. The Morgan fingerprint density at radius 3 is 2.29 bits per heavy atom. The van der Waals surface area contributed by atoms with Crippen LogP contribution in [0.1, 0.15) is 37.3 Å². The minimum atomic E-state index is -3.44. The normalized spacial score (nSPS) is 15.5. The molecule has 21 heavy (non-hydrogen) atoms. The number of nitrogen functional groups attached to an aromatic ring is 1. The second-order valence-electron chi connectivity index (χ2n) is 5.89. The molecule has 1 aliphatic carbocycles. The highest BCUT2D eigenvalue weighted by atomic mass is 32.2. The van der Waals surface area contributed by atoms with Gasteiger partial charge in [0.25, 0.3) is 0 Å². The van der Waals surface area contributed by atoms with Crippen LogP contribution >= 0.6 is 0 Å². The third-order valence-corrected chi connectivity index (χ3v) is 6.03. The Bertz CT molecular complexity index is 586. The van der Waals surface area contributed by atoms with Crippen LogP contribution in [-0.2, 0) is 10.0 Å². The van der Waals surface area contributed by atoms with Crippen LogP contribution in [0.3, 0.4) is 0 Å². The second-order valence-corrected chi connectivity index (χ2v) is 7.76. The van der Waals surface area contributed by atoms with Crippen LogP contribution in [0.25, 0.3) is 0 Å². The van der Waals surface area contributed by atoms with E-state index in [9.17, 15) is 8.42 Å². The van der Waals surface area contributed by atoms with Crippen molar-refractivity contribution < 1.29 is 8.42 Å². The van der Waals surface area contributed by atoms with Gasteiger partial charge in [0, 0.05) is 18.8 Å². The summed E-state index contributed by atoms with van der Waals surface area (Å²) in [6.45, 7) is 6.88. The smallest absolute Gasteiger partial charge is 0.243 e. The molecule has 0 spiro atoms. The van der Waals surface area contributed by atoms with Gasteiger partial charge in [-0.3, -0.25) is 5.84 Å². The summed E-state index contributed by atoms with van der Waals surface area (Å²) in [6.07, 6.45) is 3.11. The first kappa shape index (κ1) is 16.3. The van der Waals surface area contributed by atoms with Crippen molar-refractivity contribution in [2.75, 3.05) is 18.5 Å². The molecular weight excluding hydrogens is 286 g/mol. The van der Waals surface area contributed by atoms with Crippen molar-refractivity contribution in [1.82, 2.24) is 4.31 Å². The average molecular weight is 311 g/mol. The molecule has 2 rings (SSSR count). The molecule has 1 aliphatic rings. The summed E-state index contributed by atoms with van der Waals surface area (Å²) < 4.78 is 27.7. The largest absolute Gasteiger partial charge is 0.324 e. The van der Waals surface area contributed by atoms with Crippen molar-refractivity contribution >= 4 is 15.7 Å². The van der Waals surface area contributed by atoms with Crippen LogP contribution in [-0.4, -0.2) is 25.8 Å². The molecule has 0 heterocycles. The van der Waals surface area contributed by atoms with Gasteiger partial charge in [0.2, 0.25) is 10.0 Å². The highest BCUT2D eigenvalue weighted by Gasteiger charge is 2.32. The molecule has 0 atom stereocenters. The van der Waals surface area contributed by atoms with Crippen molar-refractivity contribution in [1.29, 1.82) is 0 Å². The lowest BCUT2D eigenvalue weighted by Gasteiger charge is -2.24. The van der Waals surface area contributed by atoms with Crippen molar-refractivity contribution in [2.24, 2.45) is 11.8 Å². The maximum absolute atomic E-state index is 13.0. The van der Waals surface area contributed by atoms with Crippen LogP contribution in [0.2, 0.25) is 0 Å². The predicted molar refractivity (Wildman–Crippen MR) is 85.5 cm³/mol. The molecular formula is C15H25N3O2S. The lowest BCUT2D eigenvalue weighted by molar-refractivity contribution is 0.395. The molecule has 0 bridgehead atoms. The van der Waals surface area contributed by atoms with Crippen molar-refractivity contribution in [3.05, 3.63) is 23.3 Å². The van der Waals surface area contributed by atoms with Gasteiger partial charge < -0.3 is 5.43 Å². The molecule has 1 aromatic carbocycles. The van der Waals surface area contributed by atoms with Crippen LogP contribution in [0, 0.1) is 19.8 Å². The SMILES string of the molecule is CCCN(CC1CC1)S(=O)(=O)c1c(C)cc(NN)cc1C. The Morgan fingerprint density at radius 2 is 1.86 bits per heavy atom. The predicted octanol–water partition coefficient (Wildman–Crippen LogP) is 2.40. The Morgan fingerprint density at radius 1 is 1.29 bits per heavy atom. The molecule has 0 unspecified atom stereocenters. The van der Waals surface area contributed by atoms with Crippen molar-refractivity contribution in [3.8, 4) is 0 Å². The number of nitrogens with zero attached hydrogens (tertiary/aromatic N) is 1. The van der Waals surface area contributed by atoms with Crippen LogP contribution in [0.4, 0.5) is 5.69 Å². The summed E-state index contributed by atoms with van der Waals surface area (Å²) in [4.78, 5) is 0.426. The fourth-order valence-corrected chi connectivity index (χ4v) is 4.74. The van der Waals surface area contributed by atoms with Gasteiger partial charge in [-0.25, -0.2) is 8.42 Å². The third-order valence-electron chi connectivity index (χ3n) is 3.86. The van der Waals surface area contributed by atoms with Gasteiger partial charge in [0.15, 0.2) is 0 Å². The van der Waals surface area contributed by atoms with Crippen LogP contribution < -0.4 is 11.3 Å². The summed E-state index contributed by atoms with van der Waals surface area (Å²) in [6, 6.07) is 3.56. The summed E-state index contributed by atoms with van der Waals surface area (Å²) >= 11 is 0. The zero-order chi connectivity index (χ0) is 15.6. The number of hydrogen-bond donors (Lipinski definition) is 2. The van der Waals surface area contributed by atoms with Gasteiger partial charge in [0.1, 0.15) is 0 Å². The molecule has 3 N–H and O–H groups in total. The van der Waals surface area contributed by atoms with E-state index in [0.717, 1.165) is 36.1 Å². The number of anilines is 1. The first-order chi connectivity index (χ1) is 9.90. The molecule has 1 saturated carbocycles. The zero-order valence-electron chi connectivity index (χ0n) is 13.0. The Balaban J connectivity index is 2.41. The molecule has 118 valence electrons. The van der Waals surface area contributed by atoms with E-state index in [1.807, 2.05) is 20.8 Å². The van der Waals surface area contributed by atoms with E-state index in [4.69, 9.17) is 5.84 Å². The van der Waals surface area contributed by atoms with Crippen LogP contribution in [0.15, 0.2) is 17.0 Å². The minimum absolute atomic E-state index is 0.426. The topological polar surface area (TPSA) is 75.4 Å². The fraction of sp³-hybridized carbons (Fsp3) is 0.600. The number of nitrogens with one attached hydrogen (secondary N) is 1. The average Bonchev–Trinajstić information content (AvgIpc) is 3.21. The minimum Gasteiger partial charge on any atom is -0.324 e. The van der Waals surface area contributed by atoms with Crippen molar-refractivity contribution in [2.45, 2.75) is 44.9 Å². The number of hydrazine groups is 1. The van der Waals surface area contributed by atoms with E-state index in [2.05, 4.69) is 5.43 Å². The van der Waals surface area contributed by atoms with Gasteiger partial charge >= 0.3 is 0 Å². The molecule has 0 amide bonds. The molecule has 1 fully saturated rings. The van der Waals surface area contributed by atoms with E-state index < -0.39 is 10.0 Å². The molecule has 6 heteroatoms. The van der Waals surface area contributed by atoms with E-state index in [-0.39, 0.29) is 0 Å². The summed E-state index contributed by atoms with van der Waals surface area (Å²) in [5, 5.41) is 0. The highest BCUT2D eigenvalue weighted by molar-refractivity contribution is 7.89. The second kappa shape index (κ2) is 6.34. The number of sulfonamides is 1. The van der Waals surface area contributed by atoms with Gasteiger partial charge in [-0.2, -0.15) is 4.31 Å². The van der Waals surface area contributed by atoms with E-state index in [1.54, 1.807) is 16.4 Å². The van der Waals surface area contributed by atoms with E-state index in [1.165, 1.54) is 0 Å². The zero-order valence-corrected chi connectivity index (χ0v) is 13.8. The summed E-state index contributed by atoms with van der Waals surface area (Å²) in [5.41, 5.74) is 4.78.